The zero-order valence-corrected chi connectivity index (χ0v) is 13.8. The second kappa shape index (κ2) is 6.39. The zero-order chi connectivity index (χ0) is 15.6. The third kappa shape index (κ3) is 3.26. The molecule has 0 bridgehead atoms. The summed E-state index contributed by atoms with van der Waals surface area (Å²) in [5.74, 6) is 0. The number of hydrogen-bond donors (Lipinski definition) is 1. The molecule has 1 unspecified atom stereocenters. The highest BCUT2D eigenvalue weighted by Crippen LogP contribution is 2.25. The van der Waals surface area contributed by atoms with Gasteiger partial charge in [0.25, 0.3) is 0 Å². The number of aryl methyl sites for hydroxylation is 1. The largest absolute Gasteiger partial charge is 0.389 e. The SMILES string of the molecule is CCC1COCCN1S(=O)(=O)c1cc(C(N)=S)ccc1C. The van der Waals surface area contributed by atoms with Crippen molar-refractivity contribution in [1.29, 1.82) is 0 Å². The Kier molecular flexibility index (Phi) is 4.98. The topological polar surface area (TPSA) is 72.6 Å². The molecule has 0 aromatic heterocycles. The number of morpholine rings is 1. The molecular weight excluding hydrogens is 308 g/mol. The molecule has 0 saturated carbocycles. The molecule has 1 aromatic rings. The molecular formula is C14H20N2O3S2. The molecule has 1 aliphatic rings. The van der Waals surface area contributed by atoms with E-state index >= 15 is 0 Å². The van der Waals surface area contributed by atoms with Crippen LogP contribution >= 0.6 is 12.2 Å². The predicted molar refractivity (Wildman–Crippen MR) is 85.9 cm³/mol. The van der Waals surface area contributed by atoms with Crippen molar-refractivity contribution in [2.45, 2.75) is 31.2 Å². The lowest BCUT2D eigenvalue weighted by Gasteiger charge is -2.34. The van der Waals surface area contributed by atoms with E-state index in [9.17, 15) is 8.42 Å². The molecule has 0 spiro atoms. The normalized spacial score (nSPS) is 20.4. The summed E-state index contributed by atoms with van der Waals surface area (Å²) in [5.41, 5.74) is 6.87. The first-order chi connectivity index (χ1) is 9.87. The van der Waals surface area contributed by atoms with Gasteiger partial charge in [-0.1, -0.05) is 31.3 Å². The van der Waals surface area contributed by atoms with Gasteiger partial charge in [-0.15, -0.1) is 0 Å². The number of sulfonamides is 1. The lowest BCUT2D eigenvalue weighted by atomic mass is 10.1. The molecule has 1 saturated heterocycles. The van der Waals surface area contributed by atoms with E-state index in [2.05, 4.69) is 0 Å². The minimum atomic E-state index is -3.57. The van der Waals surface area contributed by atoms with Crippen molar-refractivity contribution in [3.05, 3.63) is 29.3 Å². The molecule has 1 fully saturated rings. The van der Waals surface area contributed by atoms with Crippen LogP contribution in [-0.4, -0.2) is 43.5 Å². The molecule has 1 aromatic carbocycles. The maximum absolute atomic E-state index is 12.9. The molecule has 0 amide bonds. The fraction of sp³-hybridized carbons (Fsp3) is 0.500. The Hall–Kier alpha value is -1.02. The third-order valence-corrected chi connectivity index (χ3v) is 6.03. The fourth-order valence-corrected chi connectivity index (χ4v) is 4.48. The van der Waals surface area contributed by atoms with Crippen molar-refractivity contribution in [3.8, 4) is 0 Å². The molecule has 2 N–H and O–H groups in total. The van der Waals surface area contributed by atoms with Crippen molar-refractivity contribution in [2.75, 3.05) is 19.8 Å². The molecule has 2 rings (SSSR count). The minimum absolute atomic E-state index is 0.128. The van der Waals surface area contributed by atoms with Gasteiger partial charge in [0.15, 0.2) is 0 Å². The van der Waals surface area contributed by atoms with Gasteiger partial charge in [-0.3, -0.25) is 0 Å². The Morgan fingerprint density at radius 2 is 2.24 bits per heavy atom. The zero-order valence-electron chi connectivity index (χ0n) is 12.2. The highest BCUT2D eigenvalue weighted by atomic mass is 32.2. The molecule has 1 heterocycles. The van der Waals surface area contributed by atoms with Crippen molar-refractivity contribution in [2.24, 2.45) is 5.73 Å². The van der Waals surface area contributed by atoms with Crippen LogP contribution in [0, 0.1) is 6.92 Å². The van der Waals surface area contributed by atoms with Gasteiger partial charge in [0.05, 0.1) is 18.1 Å². The van der Waals surface area contributed by atoms with E-state index in [0.717, 1.165) is 0 Å². The van der Waals surface area contributed by atoms with Gasteiger partial charge in [0, 0.05) is 18.2 Å². The van der Waals surface area contributed by atoms with Crippen LogP contribution in [-0.2, 0) is 14.8 Å². The molecule has 1 aliphatic heterocycles. The van der Waals surface area contributed by atoms with Gasteiger partial charge in [-0.2, -0.15) is 4.31 Å². The Morgan fingerprint density at radius 1 is 1.52 bits per heavy atom. The summed E-state index contributed by atoms with van der Waals surface area (Å²) in [6.45, 7) is 4.96. The van der Waals surface area contributed by atoms with Crippen LogP contribution in [0.15, 0.2) is 23.1 Å². The van der Waals surface area contributed by atoms with Crippen LogP contribution in [0.1, 0.15) is 24.5 Å². The molecule has 116 valence electrons. The summed E-state index contributed by atoms with van der Waals surface area (Å²) in [4.78, 5) is 0.466. The number of ether oxygens (including phenoxy) is 1. The van der Waals surface area contributed by atoms with Crippen molar-refractivity contribution >= 4 is 27.2 Å². The van der Waals surface area contributed by atoms with Crippen LogP contribution in [0.2, 0.25) is 0 Å². The average molecular weight is 328 g/mol. The van der Waals surface area contributed by atoms with Crippen LogP contribution in [0.3, 0.4) is 0 Å². The number of thiocarbonyl (C=S) groups is 1. The Labute approximate surface area is 131 Å². The van der Waals surface area contributed by atoms with Gasteiger partial charge >= 0.3 is 0 Å². The number of benzene rings is 1. The Morgan fingerprint density at radius 3 is 2.86 bits per heavy atom. The van der Waals surface area contributed by atoms with E-state index in [1.165, 1.54) is 4.31 Å². The molecule has 1 atom stereocenters. The quantitative estimate of drug-likeness (QED) is 0.847. The summed E-state index contributed by atoms with van der Waals surface area (Å²) >= 11 is 4.94. The molecule has 7 heteroatoms. The second-order valence-electron chi connectivity index (χ2n) is 5.10. The van der Waals surface area contributed by atoms with E-state index < -0.39 is 10.0 Å². The Balaban J connectivity index is 2.47. The summed E-state index contributed by atoms with van der Waals surface area (Å²) in [7, 11) is -3.57. The fourth-order valence-electron chi connectivity index (χ4n) is 2.44. The highest BCUT2D eigenvalue weighted by molar-refractivity contribution is 7.89. The number of nitrogens with zero attached hydrogens (tertiary/aromatic N) is 1. The van der Waals surface area contributed by atoms with Crippen molar-refractivity contribution in [1.82, 2.24) is 4.31 Å². The standard InChI is InChI=1S/C14H20N2O3S2/c1-3-12-9-19-7-6-16(12)21(17,18)13-8-11(14(15)20)5-4-10(13)2/h4-5,8,12H,3,6-7,9H2,1-2H3,(H2,15,20). The van der Waals surface area contributed by atoms with E-state index in [4.69, 9.17) is 22.7 Å². The van der Waals surface area contributed by atoms with Crippen LogP contribution in [0.25, 0.3) is 0 Å². The summed E-state index contributed by atoms with van der Waals surface area (Å²) in [5, 5.41) is 0. The number of nitrogens with two attached hydrogens (primary N) is 1. The van der Waals surface area contributed by atoms with E-state index in [1.807, 2.05) is 6.92 Å². The van der Waals surface area contributed by atoms with Gasteiger partial charge in [0.2, 0.25) is 10.0 Å². The molecule has 5 nitrogen and oxygen atoms in total. The summed E-state index contributed by atoms with van der Waals surface area (Å²) in [6, 6.07) is 4.92. The number of rotatable bonds is 4. The van der Waals surface area contributed by atoms with Crippen LogP contribution in [0.5, 0.6) is 0 Å². The first-order valence-electron chi connectivity index (χ1n) is 6.88. The van der Waals surface area contributed by atoms with Gasteiger partial charge in [0.1, 0.15) is 4.99 Å². The van der Waals surface area contributed by atoms with Crippen molar-refractivity contribution < 1.29 is 13.2 Å². The predicted octanol–water partition coefficient (Wildman–Crippen LogP) is 1.43. The molecule has 0 aliphatic carbocycles. The average Bonchev–Trinajstić information content (AvgIpc) is 2.47. The maximum atomic E-state index is 12.9. The molecule has 21 heavy (non-hydrogen) atoms. The monoisotopic (exact) mass is 328 g/mol. The lowest BCUT2D eigenvalue weighted by Crippen LogP contribution is -2.48. The highest BCUT2D eigenvalue weighted by Gasteiger charge is 2.34. The van der Waals surface area contributed by atoms with Crippen molar-refractivity contribution in [3.63, 3.8) is 0 Å². The minimum Gasteiger partial charge on any atom is -0.389 e. The van der Waals surface area contributed by atoms with E-state index in [1.54, 1.807) is 25.1 Å². The first-order valence-corrected chi connectivity index (χ1v) is 8.72. The van der Waals surface area contributed by atoms with Gasteiger partial charge < -0.3 is 10.5 Å². The third-order valence-electron chi connectivity index (χ3n) is 3.70. The second-order valence-corrected chi connectivity index (χ2v) is 7.40. The lowest BCUT2D eigenvalue weighted by molar-refractivity contribution is 0.0314. The van der Waals surface area contributed by atoms with E-state index in [0.29, 0.717) is 37.3 Å². The van der Waals surface area contributed by atoms with Gasteiger partial charge in [-0.25, -0.2) is 8.42 Å². The number of hydrogen-bond acceptors (Lipinski definition) is 4. The Bertz CT molecular complexity index is 644. The van der Waals surface area contributed by atoms with E-state index in [-0.39, 0.29) is 15.9 Å². The maximum Gasteiger partial charge on any atom is 0.243 e. The summed E-state index contributed by atoms with van der Waals surface area (Å²) < 4.78 is 32.8. The van der Waals surface area contributed by atoms with Crippen LogP contribution in [0.4, 0.5) is 0 Å². The summed E-state index contributed by atoms with van der Waals surface area (Å²) in [6.07, 6.45) is 0.716. The first kappa shape index (κ1) is 16.4. The van der Waals surface area contributed by atoms with Gasteiger partial charge in [-0.05, 0) is 25.0 Å². The smallest absolute Gasteiger partial charge is 0.243 e. The van der Waals surface area contributed by atoms with Crippen LogP contribution < -0.4 is 5.73 Å². The molecule has 0 radical (unpaired) electrons.